The molecule has 0 aliphatic carbocycles. The zero-order valence-corrected chi connectivity index (χ0v) is 8.44. The van der Waals surface area contributed by atoms with E-state index < -0.39 is 0 Å². The standard InChI is InChI=1S/C12H10N2O2/c15-7-13-11-3-1-9-5-12(14-8-16)4-2-10(9)6-11/h1-8H,(H,13,15)(H,14,16). The van der Waals surface area contributed by atoms with E-state index in [1.54, 1.807) is 12.1 Å². The molecule has 0 atom stereocenters. The van der Waals surface area contributed by atoms with E-state index in [9.17, 15) is 9.59 Å². The van der Waals surface area contributed by atoms with Gasteiger partial charge in [0.1, 0.15) is 0 Å². The third kappa shape index (κ3) is 2.00. The van der Waals surface area contributed by atoms with Gasteiger partial charge in [-0.3, -0.25) is 9.59 Å². The van der Waals surface area contributed by atoms with Crippen LogP contribution >= 0.6 is 0 Å². The fourth-order valence-electron chi connectivity index (χ4n) is 1.56. The largest absolute Gasteiger partial charge is 0.329 e. The van der Waals surface area contributed by atoms with Crippen molar-refractivity contribution in [2.75, 3.05) is 10.6 Å². The zero-order chi connectivity index (χ0) is 11.4. The van der Waals surface area contributed by atoms with E-state index in [1.165, 1.54) is 0 Å². The van der Waals surface area contributed by atoms with Crippen molar-refractivity contribution < 1.29 is 9.59 Å². The summed E-state index contributed by atoms with van der Waals surface area (Å²) in [5, 5.41) is 7.18. The van der Waals surface area contributed by atoms with Gasteiger partial charge >= 0.3 is 0 Å². The lowest BCUT2D eigenvalue weighted by atomic mass is 10.1. The molecule has 0 spiro atoms. The molecule has 2 aromatic rings. The topological polar surface area (TPSA) is 58.2 Å². The minimum absolute atomic E-state index is 0.642. The molecule has 4 heteroatoms. The average Bonchev–Trinajstić information content (AvgIpc) is 2.30. The third-order valence-corrected chi connectivity index (χ3v) is 2.29. The number of amides is 2. The van der Waals surface area contributed by atoms with Crippen LogP contribution in [-0.2, 0) is 9.59 Å². The van der Waals surface area contributed by atoms with E-state index in [0.717, 1.165) is 22.1 Å². The van der Waals surface area contributed by atoms with Crippen LogP contribution in [0.5, 0.6) is 0 Å². The van der Waals surface area contributed by atoms with Crippen LogP contribution in [0.1, 0.15) is 0 Å². The first kappa shape index (κ1) is 10.2. The van der Waals surface area contributed by atoms with Crippen molar-refractivity contribution in [3.8, 4) is 0 Å². The Labute approximate surface area is 92.3 Å². The van der Waals surface area contributed by atoms with E-state index in [4.69, 9.17) is 0 Å². The summed E-state index contributed by atoms with van der Waals surface area (Å²) in [6.07, 6.45) is 1.28. The molecule has 0 bridgehead atoms. The van der Waals surface area contributed by atoms with Crippen molar-refractivity contribution in [3.63, 3.8) is 0 Å². The van der Waals surface area contributed by atoms with Gasteiger partial charge in [0.05, 0.1) is 0 Å². The minimum Gasteiger partial charge on any atom is -0.329 e. The van der Waals surface area contributed by atoms with Crippen LogP contribution < -0.4 is 10.6 Å². The van der Waals surface area contributed by atoms with Crippen molar-refractivity contribution in [3.05, 3.63) is 36.4 Å². The smallest absolute Gasteiger partial charge is 0.211 e. The van der Waals surface area contributed by atoms with Crippen molar-refractivity contribution >= 4 is 35.0 Å². The van der Waals surface area contributed by atoms with Crippen LogP contribution in [0.25, 0.3) is 10.8 Å². The zero-order valence-electron chi connectivity index (χ0n) is 8.44. The van der Waals surface area contributed by atoms with Gasteiger partial charge in [0.2, 0.25) is 12.8 Å². The Balaban J connectivity index is 2.43. The molecule has 80 valence electrons. The second kappa shape index (κ2) is 4.44. The van der Waals surface area contributed by atoms with Gasteiger partial charge in [-0.15, -0.1) is 0 Å². The summed E-state index contributed by atoms with van der Waals surface area (Å²) < 4.78 is 0. The minimum atomic E-state index is 0.642. The first-order chi connectivity index (χ1) is 7.83. The van der Waals surface area contributed by atoms with E-state index in [-0.39, 0.29) is 0 Å². The Hall–Kier alpha value is -2.36. The van der Waals surface area contributed by atoms with E-state index in [0.29, 0.717) is 12.8 Å². The Morgan fingerprint density at radius 1 is 0.750 bits per heavy atom. The van der Waals surface area contributed by atoms with Crippen molar-refractivity contribution in [1.82, 2.24) is 0 Å². The number of hydrogen-bond acceptors (Lipinski definition) is 2. The number of anilines is 2. The highest BCUT2D eigenvalue weighted by Crippen LogP contribution is 2.22. The molecule has 16 heavy (non-hydrogen) atoms. The first-order valence-corrected chi connectivity index (χ1v) is 4.77. The van der Waals surface area contributed by atoms with Gasteiger partial charge in [-0.25, -0.2) is 0 Å². The molecule has 2 aromatic carbocycles. The summed E-state index contributed by atoms with van der Waals surface area (Å²) in [6.45, 7) is 0. The van der Waals surface area contributed by atoms with Gasteiger partial charge in [0.25, 0.3) is 0 Å². The molecule has 2 N–H and O–H groups in total. The number of fused-ring (bicyclic) bond motifs is 1. The predicted molar refractivity (Wildman–Crippen MR) is 63.3 cm³/mol. The number of benzene rings is 2. The lowest BCUT2D eigenvalue weighted by Crippen LogP contribution is -1.94. The van der Waals surface area contributed by atoms with Crippen molar-refractivity contribution in [2.45, 2.75) is 0 Å². The molecular formula is C12H10N2O2. The van der Waals surface area contributed by atoms with E-state index in [1.807, 2.05) is 24.3 Å². The maximum Gasteiger partial charge on any atom is 0.211 e. The molecular weight excluding hydrogens is 204 g/mol. The summed E-state index contributed by atoms with van der Waals surface area (Å²) in [4.78, 5) is 20.6. The van der Waals surface area contributed by atoms with Gasteiger partial charge < -0.3 is 10.6 Å². The molecule has 2 rings (SSSR count). The second-order valence-electron chi connectivity index (χ2n) is 3.30. The molecule has 0 aromatic heterocycles. The lowest BCUT2D eigenvalue weighted by Gasteiger charge is -2.04. The van der Waals surface area contributed by atoms with Crippen molar-refractivity contribution in [2.24, 2.45) is 0 Å². The quantitative estimate of drug-likeness (QED) is 0.764. The number of hydrogen-bond donors (Lipinski definition) is 2. The Kier molecular flexibility index (Phi) is 2.82. The first-order valence-electron chi connectivity index (χ1n) is 4.77. The van der Waals surface area contributed by atoms with Crippen LogP contribution in [0.2, 0.25) is 0 Å². The maximum atomic E-state index is 10.3. The van der Waals surface area contributed by atoms with Crippen LogP contribution in [0.4, 0.5) is 11.4 Å². The number of nitrogens with one attached hydrogen (secondary N) is 2. The summed E-state index contributed by atoms with van der Waals surface area (Å²) in [6, 6.07) is 11.1. The number of rotatable bonds is 4. The molecule has 0 aliphatic rings. The molecule has 0 fully saturated rings. The average molecular weight is 214 g/mol. The second-order valence-corrected chi connectivity index (χ2v) is 3.30. The molecule has 0 radical (unpaired) electrons. The van der Waals surface area contributed by atoms with Gasteiger partial charge in [0.15, 0.2) is 0 Å². The predicted octanol–water partition coefficient (Wildman–Crippen LogP) is 1.98. The number of carbonyl (C=O) groups excluding carboxylic acids is 2. The molecule has 0 heterocycles. The van der Waals surface area contributed by atoms with Gasteiger partial charge in [-0.2, -0.15) is 0 Å². The Morgan fingerprint density at radius 3 is 1.56 bits per heavy atom. The van der Waals surface area contributed by atoms with E-state index >= 15 is 0 Å². The third-order valence-electron chi connectivity index (χ3n) is 2.29. The van der Waals surface area contributed by atoms with Crippen molar-refractivity contribution in [1.29, 1.82) is 0 Å². The molecule has 0 saturated heterocycles. The van der Waals surface area contributed by atoms with Crippen LogP contribution in [0, 0.1) is 0 Å². The van der Waals surface area contributed by atoms with Crippen LogP contribution in [0.3, 0.4) is 0 Å². The fraction of sp³-hybridized carbons (Fsp3) is 0. The monoisotopic (exact) mass is 214 g/mol. The van der Waals surface area contributed by atoms with E-state index in [2.05, 4.69) is 10.6 Å². The van der Waals surface area contributed by atoms with Crippen LogP contribution in [0.15, 0.2) is 36.4 Å². The summed E-state index contributed by atoms with van der Waals surface area (Å²) in [7, 11) is 0. The maximum absolute atomic E-state index is 10.3. The molecule has 0 unspecified atom stereocenters. The SMILES string of the molecule is O=CNc1ccc2cc(NC=O)ccc2c1. The Morgan fingerprint density at radius 2 is 1.19 bits per heavy atom. The lowest BCUT2D eigenvalue weighted by molar-refractivity contribution is -0.106. The molecule has 0 aliphatic heterocycles. The fourth-order valence-corrected chi connectivity index (χ4v) is 1.56. The summed E-state index contributed by atoms with van der Waals surface area (Å²) in [5.41, 5.74) is 1.50. The van der Waals surface area contributed by atoms with Gasteiger partial charge in [0, 0.05) is 11.4 Å². The van der Waals surface area contributed by atoms with Gasteiger partial charge in [-0.05, 0) is 35.0 Å². The molecule has 4 nitrogen and oxygen atoms in total. The summed E-state index contributed by atoms with van der Waals surface area (Å²) in [5.74, 6) is 0. The highest BCUT2D eigenvalue weighted by Gasteiger charge is 1.97. The van der Waals surface area contributed by atoms with Gasteiger partial charge in [-0.1, -0.05) is 12.1 Å². The Bertz CT molecular complexity index is 488. The number of carbonyl (C=O) groups is 2. The molecule has 2 amide bonds. The summed E-state index contributed by atoms with van der Waals surface area (Å²) >= 11 is 0. The highest BCUT2D eigenvalue weighted by molar-refractivity contribution is 5.91. The van der Waals surface area contributed by atoms with Crippen LogP contribution in [-0.4, -0.2) is 12.8 Å². The normalized spacial score (nSPS) is 9.75. The highest BCUT2D eigenvalue weighted by atomic mass is 16.1. The molecule has 0 saturated carbocycles.